The summed E-state index contributed by atoms with van der Waals surface area (Å²) >= 11 is 0. The standard InChI is InChI=1S/C5H8O4S/c1-2-3-9-4-5-10(6,7)8/h1H,3-5H2,(H,6,7,8). The second-order valence-electron chi connectivity index (χ2n) is 1.54. The van der Waals surface area contributed by atoms with Crippen LogP contribution in [0, 0.1) is 12.3 Å². The van der Waals surface area contributed by atoms with Crippen molar-refractivity contribution >= 4 is 10.1 Å². The van der Waals surface area contributed by atoms with E-state index in [9.17, 15) is 8.42 Å². The van der Waals surface area contributed by atoms with Crippen molar-refractivity contribution in [3.8, 4) is 12.3 Å². The average molecular weight is 164 g/mol. The highest BCUT2D eigenvalue weighted by Crippen LogP contribution is 1.82. The summed E-state index contributed by atoms with van der Waals surface area (Å²) in [5.74, 6) is 1.75. The molecule has 0 amide bonds. The van der Waals surface area contributed by atoms with Crippen molar-refractivity contribution in [1.29, 1.82) is 0 Å². The van der Waals surface area contributed by atoms with Gasteiger partial charge < -0.3 is 4.74 Å². The van der Waals surface area contributed by atoms with Crippen molar-refractivity contribution in [2.24, 2.45) is 0 Å². The summed E-state index contributed by atoms with van der Waals surface area (Å²) in [5.41, 5.74) is 0. The monoisotopic (exact) mass is 164 g/mol. The Labute approximate surface area is 59.9 Å². The third-order valence-electron chi connectivity index (χ3n) is 0.671. The molecule has 4 nitrogen and oxygen atoms in total. The van der Waals surface area contributed by atoms with Gasteiger partial charge in [-0.15, -0.1) is 6.42 Å². The molecule has 0 aliphatic heterocycles. The van der Waals surface area contributed by atoms with Crippen molar-refractivity contribution in [3.63, 3.8) is 0 Å². The van der Waals surface area contributed by atoms with Gasteiger partial charge in [0.2, 0.25) is 0 Å². The molecule has 0 aromatic rings. The van der Waals surface area contributed by atoms with Crippen LogP contribution >= 0.6 is 0 Å². The van der Waals surface area contributed by atoms with Gasteiger partial charge in [0.05, 0.1) is 12.4 Å². The molecule has 0 spiro atoms. The lowest BCUT2D eigenvalue weighted by Crippen LogP contribution is -2.10. The van der Waals surface area contributed by atoms with Gasteiger partial charge in [-0.1, -0.05) is 5.92 Å². The van der Waals surface area contributed by atoms with Crippen LogP contribution in [-0.4, -0.2) is 31.9 Å². The van der Waals surface area contributed by atoms with E-state index in [1.807, 2.05) is 0 Å². The summed E-state index contributed by atoms with van der Waals surface area (Å²) in [6.45, 7) is -0.00144. The smallest absolute Gasteiger partial charge is 0.267 e. The quantitative estimate of drug-likeness (QED) is 0.346. The minimum atomic E-state index is -3.90. The molecule has 0 heterocycles. The lowest BCUT2D eigenvalue weighted by Gasteiger charge is -1.95. The first kappa shape index (κ1) is 9.43. The van der Waals surface area contributed by atoms with E-state index < -0.39 is 15.9 Å². The van der Waals surface area contributed by atoms with E-state index in [2.05, 4.69) is 10.7 Å². The Kier molecular flexibility index (Phi) is 4.03. The number of ether oxygens (including phenoxy) is 1. The molecule has 0 bridgehead atoms. The van der Waals surface area contributed by atoms with Crippen LogP contribution in [0.4, 0.5) is 0 Å². The Morgan fingerprint density at radius 1 is 1.60 bits per heavy atom. The summed E-state index contributed by atoms with van der Waals surface area (Å²) in [6, 6.07) is 0. The molecule has 10 heavy (non-hydrogen) atoms. The fourth-order valence-electron chi connectivity index (χ4n) is 0.295. The molecular weight excluding hydrogens is 156 g/mol. The maximum Gasteiger partial charge on any atom is 0.267 e. The van der Waals surface area contributed by atoms with Gasteiger partial charge in [-0.05, 0) is 0 Å². The first-order valence-corrected chi connectivity index (χ1v) is 4.13. The zero-order valence-electron chi connectivity index (χ0n) is 5.28. The molecule has 0 aliphatic carbocycles. The lowest BCUT2D eigenvalue weighted by atomic mass is 10.7. The van der Waals surface area contributed by atoms with Crippen LogP contribution in [0.25, 0.3) is 0 Å². The summed E-state index contributed by atoms with van der Waals surface area (Å²) in [4.78, 5) is 0. The van der Waals surface area contributed by atoms with Gasteiger partial charge in [0.15, 0.2) is 0 Å². The zero-order chi connectivity index (χ0) is 8.04. The summed E-state index contributed by atoms with van der Waals surface area (Å²) in [6.07, 6.45) is 4.79. The van der Waals surface area contributed by atoms with Crippen LogP contribution < -0.4 is 0 Å². The Bertz CT molecular complexity index is 210. The summed E-state index contributed by atoms with van der Waals surface area (Å²) < 4.78 is 32.8. The van der Waals surface area contributed by atoms with Crippen molar-refractivity contribution in [1.82, 2.24) is 0 Å². The Balaban J connectivity index is 3.32. The van der Waals surface area contributed by atoms with E-state index in [1.54, 1.807) is 0 Å². The molecule has 1 N–H and O–H groups in total. The minimum Gasteiger partial charge on any atom is -0.368 e. The average Bonchev–Trinajstić information content (AvgIpc) is 1.78. The first-order valence-electron chi connectivity index (χ1n) is 2.52. The maximum absolute atomic E-state index is 10.0. The molecule has 0 rings (SSSR count). The van der Waals surface area contributed by atoms with Gasteiger partial charge in [0.25, 0.3) is 10.1 Å². The maximum atomic E-state index is 10.0. The molecule has 0 aromatic heterocycles. The predicted molar refractivity (Wildman–Crippen MR) is 36.1 cm³/mol. The Morgan fingerprint density at radius 2 is 2.20 bits per heavy atom. The molecule has 0 saturated carbocycles. The van der Waals surface area contributed by atoms with Crippen LogP contribution in [0.2, 0.25) is 0 Å². The van der Waals surface area contributed by atoms with E-state index >= 15 is 0 Å². The summed E-state index contributed by atoms with van der Waals surface area (Å²) in [7, 11) is -3.90. The van der Waals surface area contributed by atoms with E-state index in [-0.39, 0.29) is 13.2 Å². The van der Waals surface area contributed by atoms with Gasteiger partial charge >= 0.3 is 0 Å². The lowest BCUT2D eigenvalue weighted by molar-refractivity contribution is 0.182. The fraction of sp³-hybridized carbons (Fsp3) is 0.600. The Hall–Kier alpha value is -0.570. The number of rotatable bonds is 4. The minimum absolute atomic E-state index is 0.0650. The van der Waals surface area contributed by atoms with E-state index in [1.165, 1.54) is 0 Å². The third-order valence-corrected chi connectivity index (χ3v) is 1.35. The highest BCUT2D eigenvalue weighted by Gasteiger charge is 2.01. The van der Waals surface area contributed by atoms with Gasteiger partial charge in [-0.3, -0.25) is 4.55 Å². The van der Waals surface area contributed by atoms with E-state index in [4.69, 9.17) is 11.0 Å². The third kappa shape index (κ3) is 7.43. The second kappa shape index (κ2) is 4.28. The van der Waals surface area contributed by atoms with Crippen molar-refractivity contribution < 1.29 is 17.7 Å². The second-order valence-corrected chi connectivity index (χ2v) is 3.11. The molecule has 0 unspecified atom stereocenters. The van der Waals surface area contributed by atoms with Gasteiger partial charge in [0.1, 0.15) is 6.61 Å². The molecule has 0 aliphatic rings. The molecule has 0 saturated heterocycles. The van der Waals surface area contributed by atoms with Gasteiger partial charge in [0, 0.05) is 0 Å². The molecular formula is C5H8O4S. The van der Waals surface area contributed by atoms with E-state index in [0.29, 0.717) is 0 Å². The van der Waals surface area contributed by atoms with Crippen LogP contribution in [0.5, 0.6) is 0 Å². The Morgan fingerprint density at radius 3 is 2.60 bits per heavy atom. The van der Waals surface area contributed by atoms with Crippen molar-refractivity contribution in [2.45, 2.75) is 0 Å². The highest BCUT2D eigenvalue weighted by atomic mass is 32.2. The van der Waals surface area contributed by atoms with Crippen molar-refractivity contribution in [3.05, 3.63) is 0 Å². The number of terminal acetylenes is 1. The van der Waals surface area contributed by atoms with Crippen LogP contribution in [0.3, 0.4) is 0 Å². The van der Waals surface area contributed by atoms with Gasteiger partial charge in [-0.25, -0.2) is 0 Å². The van der Waals surface area contributed by atoms with Crippen LogP contribution in [0.1, 0.15) is 0 Å². The summed E-state index contributed by atoms with van der Waals surface area (Å²) in [5, 5.41) is 0. The molecule has 0 radical (unpaired) electrons. The van der Waals surface area contributed by atoms with Crippen molar-refractivity contribution in [2.75, 3.05) is 19.0 Å². The molecule has 0 fully saturated rings. The van der Waals surface area contributed by atoms with E-state index in [0.717, 1.165) is 0 Å². The highest BCUT2D eigenvalue weighted by molar-refractivity contribution is 7.85. The molecule has 5 heteroatoms. The van der Waals surface area contributed by atoms with Crippen LogP contribution in [0.15, 0.2) is 0 Å². The first-order chi connectivity index (χ1) is 4.56. The van der Waals surface area contributed by atoms with Gasteiger partial charge in [-0.2, -0.15) is 8.42 Å². The normalized spacial score (nSPS) is 10.8. The number of hydrogen-bond acceptors (Lipinski definition) is 3. The SMILES string of the molecule is C#CCOCCS(=O)(=O)O. The predicted octanol–water partition coefficient (Wildman–Crippen LogP) is -0.476. The largest absolute Gasteiger partial charge is 0.368 e. The fourth-order valence-corrected chi connectivity index (χ4v) is 0.624. The molecule has 58 valence electrons. The van der Waals surface area contributed by atoms with Crippen LogP contribution in [-0.2, 0) is 14.9 Å². The number of hydrogen-bond donors (Lipinski definition) is 1. The molecule has 0 aromatic carbocycles. The topological polar surface area (TPSA) is 63.6 Å². The zero-order valence-corrected chi connectivity index (χ0v) is 6.10. The molecule has 0 atom stereocenters.